The van der Waals surface area contributed by atoms with E-state index < -0.39 is 5.97 Å². The number of carboxylic acids is 1. The van der Waals surface area contributed by atoms with E-state index in [9.17, 15) is 14.7 Å². The summed E-state index contributed by atoms with van der Waals surface area (Å²) in [6.07, 6.45) is 0. The molecule has 0 aliphatic rings. The van der Waals surface area contributed by atoms with Crippen molar-refractivity contribution in [1.29, 1.82) is 0 Å². The molecule has 0 saturated carbocycles. The average Bonchev–Trinajstić information content (AvgIpc) is 2.48. The number of thioether (sulfide) groups is 1. The zero-order valence-electron chi connectivity index (χ0n) is 11.5. The Kier molecular flexibility index (Phi) is 5.00. The van der Waals surface area contributed by atoms with Crippen LogP contribution in [0.4, 0.5) is 5.69 Å². The van der Waals surface area contributed by atoms with Crippen LogP contribution in [-0.2, 0) is 4.79 Å². The minimum atomic E-state index is -1.30. The van der Waals surface area contributed by atoms with Gasteiger partial charge in [-0.3, -0.25) is 4.79 Å². The van der Waals surface area contributed by atoms with Crippen LogP contribution in [-0.4, -0.2) is 17.6 Å². The van der Waals surface area contributed by atoms with Crippen molar-refractivity contribution < 1.29 is 14.7 Å². The van der Waals surface area contributed by atoms with E-state index in [1.165, 1.54) is 17.8 Å². The van der Waals surface area contributed by atoms with Crippen LogP contribution in [0.15, 0.2) is 53.4 Å². The van der Waals surface area contributed by atoms with Crippen LogP contribution in [0, 0.1) is 6.92 Å². The molecule has 2 aromatic carbocycles. The van der Waals surface area contributed by atoms with E-state index >= 15 is 0 Å². The number of aromatic carboxylic acids is 1. The Labute approximate surface area is 127 Å². The minimum Gasteiger partial charge on any atom is -0.545 e. The monoisotopic (exact) mass is 300 g/mol. The maximum absolute atomic E-state index is 11.9. The van der Waals surface area contributed by atoms with Gasteiger partial charge in [0.25, 0.3) is 0 Å². The number of amides is 1. The second kappa shape index (κ2) is 6.95. The molecule has 0 aliphatic heterocycles. The fourth-order valence-electron chi connectivity index (χ4n) is 1.79. The molecule has 0 atom stereocenters. The Morgan fingerprint density at radius 2 is 1.86 bits per heavy atom. The first-order valence-electron chi connectivity index (χ1n) is 6.36. The van der Waals surface area contributed by atoms with Crippen LogP contribution in [0.2, 0.25) is 0 Å². The van der Waals surface area contributed by atoms with Crippen molar-refractivity contribution in [3.63, 3.8) is 0 Å². The van der Waals surface area contributed by atoms with Crippen LogP contribution in [0.1, 0.15) is 15.9 Å². The number of carbonyl (C=O) groups excluding carboxylic acids is 2. The summed E-state index contributed by atoms with van der Waals surface area (Å²) in [5.41, 5.74) is 1.05. The highest BCUT2D eigenvalue weighted by molar-refractivity contribution is 8.00. The molecule has 0 aromatic heterocycles. The van der Waals surface area contributed by atoms with Gasteiger partial charge < -0.3 is 15.2 Å². The molecule has 1 N–H and O–H groups in total. The molecule has 0 fully saturated rings. The summed E-state index contributed by atoms with van der Waals surface area (Å²) in [5.74, 6) is -1.34. The minimum absolute atomic E-state index is 0.00642. The van der Waals surface area contributed by atoms with Crippen molar-refractivity contribution in [2.75, 3.05) is 11.1 Å². The Morgan fingerprint density at radius 1 is 1.14 bits per heavy atom. The molecular weight excluding hydrogens is 286 g/mol. The molecular formula is C16H14NO3S-. The molecule has 0 saturated heterocycles. The van der Waals surface area contributed by atoms with Crippen molar-refractivity contribution >= 4 is 29.3 Å². The lowest BCUT2D eigenvalue weighted by Crippen LogP contribution is -2.25. The topological polar surface area (TPSA) is 69.2 Å². The van der Waals surface area contributed by atoms with Crippen molar-refractivity contribution in [2.24, 2.45) is 0 Å². The second-order valence-electron chi connectivity index (χ2n) is 4.49. The molecule has 1 amide bonds. The molecule has 0 spiro atoms. The first-order chi connectivity index (χ1) is 10.1. The first kappa shape index (κ1) is 15.1. The van der Waals surface area contributed by atoms with Gasteiger partial charge in [0.1, 0.15) is 0 Å². The number of nitrogens with one attached hydrogen (secondary N) is 1. The largest absolute Gasteiger partial charge is 0.545 e. The predicted octanol–water partition coefficient (Wildman–Crippen LogP) is 2.09. The smallest absolute Gasteiger partial charge is 0.234 e. The number of aryl methyl sites for hydroxylation is 1. The summed E-state index contributed by atoms with van der Waals surface area (Å²) in [7, 11) is 0. The van der Waals surface area contributed by atoms with E-state index in [2.05, 4.69) is 5.32 Å². The van der Waals surface area contributed by atoms with Crippen molar-refractivity contribution in [1.82, 2.24) is 0 Å². The Hall–Kier alpha value is -2.27. The quantitative estimate of drug-likeness (QED) is 0.858. The first-order valence-corrected chi connectivity index (χ1v) is 7.34. The maximum Gasteiger partial charge on any atom is 0.234 e. The molecule has 108 valence electrons. The summed E-state index contributed by atoms with van der Waals surface area (Å²) in [6.45, 7) is 1.78. The third kappa shape index (κ3) is 4.36. The van der Waals surface area contributed by atoms with E-state index in [1.807, 2.05) is 30.3 Å². The average molecular weight is 300 g/mol. The van der Waals surface area contributed by atoms with E-state index in [-0.39, 0.29) is 22.9 Å². The number of hydrogen-bond acceptors (Lipinski definition) is 4. The zero-order valence-corrected chi connectivity index (χ0v) is 12.3. The lowest BCUT2D eigenvalue weighted by molar-refractivity contribution is -0.254. The van der Waals surface area contributed by atoms with Crippen molar-refractivity contribution in [3.8, 4) is 0 Å². The highest BCUT2D eigenvalue weighted by atomic mass is 32.2. The molecule has 2 aromatic rings. The van der Waals surface area contributed by atoms with Gasteiger partial charge in [-0.15, -0.1) is 11.8 Å². The molecule has 0 bridgehead atoms. The predicted molar refractivity (Wildman–Crippen MR) is 81.3 cm³/mol. The van der Waals surface area contributed by atoms with Crippen LogP contribution in [0.25, 0.3) is 0 Å². The van der Waals surface area contributed by atoms with Crippen molar-refractivity contribution in [2.45, 2.75) is 11.8 Å². The van der Waals surface area contributed by atoms with E-state index in [4.69, 9.17) is 0 Å². The lowest BCUT2D eigenvalue weighted by atomic mass is 10.1. The van der Waals surface area contributed by atoms with Gasteiger partial charge >= 0.3 is 0 Å². The standard InChI is InChI=1S/C16H15NO3S/c1-11-7-8-14(13(9-11)16(19)20)17-15(18)10-21-12-5-3-2-4-6-12/h2-9H,10H2,1H3,(H,17,18)(H,19,20)/p-1. The normalized spacial score (nSPS) is 10.1. The lowest BCUT2D eigenvalue weighted by Gasteiger charge is -2.12. The number of rotatable bonds is 5. The maximum atomic E-state index is 11.9. The summed E-state index contributed by atoms with van der Waals surface area (Å²) in [4.78, 5) is 24.0. The van der Waals surface area contributed by atoms with Gasteiger partial charge in [0.05, 0.1) is 11.7 Å². The third-order valence-electron chi connectivity index (χ3n) is 2.78. The van der Waals surface area contributed by atoms with Crippen molar-refractivity contribution in [3.05, 3.63) is 59.7 Å². The molecule has 0 unspecified atom stereocenters. The Morgan fingerprint density at radius 3 is 2.52 bits per heavy atom. The molecule has 2 rings (SSSR count). The highest BCUT2D eigenvalue weighted by Gasteiger charge is 2.08. The van der Waals surface area contributed by atoms with Crippen LogP contribution in [0.3, 0.4) is 0 Å². The summed E-state index contributed by atoms with van der Waals surface area (Å²) in [6, 6.07) is 14.3. The van der Waals surface area contributed by atoms with Gasteiger partial charge in [0.15, 0.2) is 0 Å². The summed E-state index contributed by atoms with van der Waals surface area (Å²) in [5, 5.41) is 13.7. The SMILES string of the molecule is Cc1ccc(NC(=O)CSc2ccccc2)c(C(=O)[O-])c1. The van der Waals surface area contributed by atoms with Gasteiger partial charge in [0, 0.05) is 16.1 Å². The third-order valence-corrected chi connectivity index (χ3v) is 3.79. The van der Waals surface area contributed by atoms with E-state index in [0.717, 1.165) is 10.5 Å². The van der Waals surface area contributed by atoms with Gasteiger partial charge in [-0.05, 0) is 31.2 Å². The molecule has 21 heavy (non-hydrogen) atoms. The zero-order chi connectivity index (χ0) is 15.2. The number of benzene rings is 2. The molecule has 0 heterocycles. The number of anilines is 1. The van der Waals surface area contributed by atoms with Crippen LogP contribution < -0.4 is 10.4 Å². The molecule has 5 heteroatoms. The second-order valence-corrected chi connectivity index (χ2v) is 5.54. The summed E-state index contributed by atoms with van der Waals surface area (Å²) >= 11 is 1.39. The fourth-order valence-corrected chi connectivity index (χ4v) is 2.51. The molecule has 0 aliphatic carbocycles. The molecule has 4 nitrogen and oxygen atoms in total. The Balaban J connectivity index is 2.01. The van der Waals surface area contributed by atoms with Gasteiger partial charge in [-0.2, -0.15) is 0 Å². The Bertz CT molecular complexity index is 656. The number of hydrogen-bond donors (Lipinski definition) is 1. The fraction of sp³-hybridized carbons (Fsp3) is 0.125. The van der Waals surface area contributed by atoms with Gasteiger partial charge in [-0.1, -0.05) is 29.8 Å². The van der Waals surface area contributed by atoms with Crippen LogP contribution in [0.5, 0.6) is 0 Å². The van der Waals surface area contributed by atoms with E-state index in [1.54, 1.807) is 19.1 Å². The highest BCUT2D eigenvalue weighted by Crippen LogP contribution is 2.19. The summed E-state index contributed by atoms with van der Waals surface area (Å²) < 4.78 is 0. The van der Waals surface area contributed by atoms with E-state index in [0.29, 0.717) is 0 Å². The van der Waals surface area contributed by atoms with Gasteiger partial charge in [-0.25, -0.2) is 0 Å². The van der Waals surface area contributed by atoms with Crippen LogP contribution >= 0.6 is 11.8 Å². The number of carboxylic acid groups (broad SMARTS) is 1. The number of carbonyl (C=O) groups is 2. The molecule has 0 radical (unpaired) electrons. The van der Waals surface area contributed by atoms with Gasteiger partial charge in [0.2, 0.25) is 5.91 Å².